The van der Waals surface area contributed by atoms with Crippen LogP contribution in [0, 0.1) is 0 Å². The quantitative estimate of drug-likeness (QED) is 0.776. The van der Waals surface area contributed by atoms with Gasteiger partial charge < -0.3 is 14.5 Å². The van der Waals surface area contributed by atoms with Gasteiger partial charge in [0.15, 0.2) is 0 Å². The summed E-state index contributed by atoms with van der Waals surface area (Å²) in [6.45, 7) is 2.73. The first kappa shape index (κ1) is 16.1. The van der Waals surface area contributed by atoms with E-state index in [1.807, 2.05) is 24.3 Å². The molecule has 5 nitrogen and oxygen atoms in total. The fraction of sp³-hybridized carbons (Fsp3) is 0.250. The summed E-state index contributed by atoms with van der Waals surface area (Å²) in [5, 5.41) is 0. The number of ether oxygens (including phenoxy) is 2. The number of hydrogen-bond acceptors (Lipinski definition) is 4. The van der Waals surface area contributed by atoms with E-state index in [0.717, 1.165) is 40.3 Å². The van der Waals surface area contributed by atoms with Crippen LogP contribution in [0.1, 0.15) is 13.3 Å². The first-order valence-corrected chi connectivity index (χ1v) is 6.92. The number of nitrogens with zero attached hydrogens (tertiary/aromatic N) is 2. The molecule has 3 aromatic rings. The zero-order chi connectivity index (χ0) is 14.7. The van der Waals surface area contributed by atoms with Crippen molar-refractivity contribution in [1.82, 2.24) is 15.0 Å². The van der Waals surface area contributed by atoms with Crippen LogP contribution in [-0.4, -0.2) is 28.7 Å². The maximum Gasteiger partial charge on any atom is 0.142 e. The van der Waals surface area contributed by atoms with Crippen molar-refractivity contribution in [3.05, 3.63) is 36.7 Å². The molecule has 0 spiro atoms. The Morgan fingerprint density at radius 2 is 2.09 bits per heavy atom. The molecule has 0 amide bonds. The normalized spacial score (nSPS) is 10.3. The minimum absolute atomic E-state index is 0. The van der Waals surface area contributed by atoms with Crippen LogP contribution in [-0.2, 0) is 0 Å². The van der Waals surface area contributed by atoms with Crippen LogP contribution < -0.4 is 9.47 Å². The second-order valence-corrected chi connectivity index (χ2v) is 4.69. The molecule has 0 atom stereocenters. The molecule has 1 aromatic carbocycles. The molecule has 116 valence electrons. The van der Waals surface area contributed by atoms with E-state index < -0.39 is 0 Å². The number of hydrogen-bond donors (Lipinski definition) is 1. The monoisotopic (exact) mass is 319 g/mol. The maximum atomic E-state index is 5.82. The van der Waals surface area contributed by atoms with E-state index in [1.54, 1.807) is 19.5 Å². The summed E-state index contributed by atoms with van der Waals surface area (Å²) in [6.07, 6.45) is 4.44. The van der Waals surface area contributed by atoms with E-state index in [4.69, 9.17) is 9.47 Å². The van der Waals surface area contributed by atoms with Gasteiger partial charge in [-0.25, -0.2) is 4.98 Å². The van der Waals surface area contributed by atoms with Crippen molar-refractivity contribution in [2.45, 2.75) is 13.3 Å². The zero-order valence-corrected chi connectivity index (χ0v) is 13.3. The first-order valence-electron chi connectivity index (χ1n) is 6.92. The van der Waals surface area contributed by atoms with Crippen LogP contribution in [0.3, 0.4) is 0 Å². The van der Waals surface area contributed by atoms with Crippen LogP contribution in [0.2, 0.25) is 0 Å². The number of fused-ring (bicyclic) bond motifs is 1. The number of pyridine rings is 1. The molecule has 22 heavy (non-hydrogen) atoms. The molecule has 3 rings (SSSR count). The van der Waals surface area contributed by atoms with E-state index >= 15 is 0 Å². The number of nitrogens with one attached hydrogen (secondary N) is 1. The average Bonchev–Trinajstić information content (AvgIpc) is 2.96. The molecule has 0 aliphatic rings. The highest BCUT2D eigenvalue weighted by molar-refractivity contribution is 5.85. The van der Waals surface area contributed by atoms with Crippen molar-refractivity contribution < 1.29 is 9.47 Å². The minimum atomic E-state index is 0. The lowest BCUT2D eigenvalue weighted by Crippen LogP contribution is -1.98. The molecule has 2 aromatic heterocycles. The zero-order valence-electron chi connectivity index (χ0n) is 12.5. The number of aromatic amines is 1. The minimum Gasteiger partial charge on any atom is -0.497 e. The molecule has 0 unspecified atom stereocenters. The second-order valence-electron chi connectivity index (χ2n) is 4.69. The SMILES string of the molecule is CCCOc1cc(OC)ccc1-c1nc2ccncc2[nH]1.Cl. The molecular weight excluding hydrogens is 302 g/mol. The lowest BCUT2D eigenvalue weighted by molar-refractivity contribution is 0.316. The Morgan fingerprint density at radius 3 is 2.82 bits per heavy atom. The Bertz CT molecular complexity index is 725. The third kappa shape index (κ3) is 3.14. The number of imidazole rings is 1. The molecule has 0 saturated heterocycles. The van der Waals surface area contributed by atoms with E-state index in [9.17, 15) is 0 Å². The summed E-state index contributed by atoms with van der Waals surface area (Å²) in [4.78, 5) is 12.0. The van der Waals surface area contributed by atoms with Crippen LogP contribution >= 0.6 is 12.4 Å². The van der Waals surface area contributed by atoms with Gasteiger partial charge in [0.2, 0.25) is 0 Å². The van der Waals surface area contributed by atoms with Crippen molar-refractivity contribution in [1.29, 1.82) is 0 Å². The molecule has 6 heteroatoms. The van der Waals surface area contributed by atoms with Gasteiger partial charge in [-0.1, -0.05) is 6.92 Å². The van der Waals surface area contributed by atoms with Crippen molar-refractivity contribution in [2.24, 2.45) is 0 Å². The van der Waals surface area contributed by atoms with Gasteiger partial charge in [-0.15, -0.1) is 12.4 Å². The molecule has 0 aliphatic heterocycles. The van der Waals surface area contributed by atoms with Crippen molar-refractivity contribution in [3.63, 3.8) is 0 Å². The van der Waals surface area contributed by atoms with Crippen molar-refractivity contribution in [2.75, 3.05) is 13.7 Å². The van der Waals surface area contributed by atoms with Gasteiger partial charge in [-0.3, -0.25) is 4.98 Å². The topological polar surface area (TPSA) is 60.0 Å². The van der Waals surface area contributed by atoms with Crippen molar-refractivity contribution in [3.8, 4) is 22.9 Å². The number of methoxy groups -OCH3 is 1. The second kappa shape index (κ2) is 7.13. The van der Waals surface area contributed by atoms with Crippen molar-refractivity contribution >= 4 is 23.4 Å². The first-order chi connectivity index (χ1) is 10.3. The summed E-state index contributed by atoms with van der Waals surface area (Å²) in [5.74, 6) is 2.30. The Kier molecular flexibility index (Phi) is 5.22. The largest absolute Gasteiger partial charge is 0.497 e. The van der Waals surface area contributed by atoms with Gasteiger partial charge >= 0.3 is 0 Å². The third-order valence-electron chi connectivity index (χ3n) is 3.19. The van der Waals surface area contributed by atoms with E-state index in [2.05, 4.69) is 21.9 Å². The highest BCUT2D eigenvalue weighted by Crippen LogP contribution is 2.32. The molecule has 1 N–H and O–H groups in total. The van der Waals surface area contributed by atoms with Gasteiger partial charge in [-0.2, -0.15) is 0 Å². The smallest absolute Gasteiger partial charge is 0.142 e. The number of aromatic nitrogens is 3. The maximum absolute atomic E-state index is 5.82. The standard InChI is InChI=1S/C16H17N3O2.ClH/c1-3-8-21-15-9-11(20-2)4-5-12(15)16-18-13-6-7-17-10-14(13)19-16;/h4-7,9-10H,3,8H2,1-2H3,(H,18,19);1H. The summed E-state index contributed by atoms with van der Waals surface area (Å²) >= 11 is 0. The van der Waals surface area contributed by atoms with E-state index in [1.165, 1.54) is 0 Å². The Labute approximate surface area is 135 Å². The number of rotatable bonds is 5. The van der Waals surface area contributed by atoms with Gasteiger partial charge in [0.05, 0.1) is 36.5 Å². The highest BCUT2D eigenvalue weighted by atomic mass is 35.5. The fourth-order valence-electron chi connectivity index (χ4n) is 2.14. The van der Waals surface area contributed by atoms with Crippen LogP contribution in [0.15, 0.2) is 36.7 Å². The molecular formula is C16H18ClN3O2. The number of halogens is 1. The third-order valence-corrected chi connectivity index (χ3v) is 3.19. The highest BCUT2D eigenvalue weighted by Gasteiger charge is 2.12. The van der Waals surface area contributed by atoms with E-state index in [-0.39, 0.29) is 12.4 Å². The van der Waals surface area contributed by atoms with Crippen LogP contribution in [0.25, 0.3) is 22.4 Å². The molecule has 0 bridgehead atoms. The summed E-state index contributed by atoms with van der Waals surface area (Å²) in [7, 11) is 1.64. The Balaban J connectivity index is 0.00000176. The molecule has 0 fully saturated rings. The average molecular weight is 320 g/mol. The van der Waals surface area contributed by atoms with Gasteiger partial charge in [0.25, 0.3) is 0 Å². The molecule has 0 radical (unpaired) electrons. The number of H-pyrrole nitrogens is 1. The summed E-state index contributed by atoms with van der Waals surface area (Å²) in [6, 6.07) is 7.62. The lowest BCUT2D eigenvalue weighted by atomic mass is 10.2. The number of benzene rings is 1. The molecule has 2 heterocycles. The van der Waals surface area contributed by atoms with Gasteiger partial charge in [0, 0.05) is 12.3 Å². The summed E-state index contributed by atoms with van der Waals surface area (Å²) < 4.78 is 11.1. The lowest BCUT2D eigenvalue weighted by Gasteiger charge is -2.11. The Morgan fingerprint density at radius 1 is 1.23 bits per heavy atom. The molecule has 0 aliphatic carbocycles. The van der Waals surface area contributed by atoms with Gasteiger partial charge in [0.1, 0.15) is 17.3 Å². The fourth-order valence-corrected chi connectivity index (χ4v) is 2.14. The van der Waals surface area contributed by atoms with E-state index in [0.29, 0.717) is 6.61 Å². The Hall–Kier alpha value is -2.27. The summed E-state index contributed by atoms with van der Waals surface area (Å²) in [5.41, 5.74) is 2.71. The van der Waals surface area contributed by atoms with Crippen LogP contribution in [0.5, 0.6) is 11.5 Å². The predicted octanol–water partition coefficient (Wildman–Crippen LogP) is 3.84. The predicted molar refractivity (Wildman–Crippen MR) is 88.9 cm³/mol. The molecule has 0 saturated carbocycles. The van der Waals surface area contributed by atoms with Gasteiger partial charge in [-0.05, 0) is 24.6 Å². The van der Waals surface area contributed by atoms with Crippen LogP contribution in [0.4, 0.5) is 0 Å².